The highest BCUT2D eigenvalue weighted by Gasteiger charge is 2.34. The van der Waals surface area contributed by atoms with Gasteiger partial charge in [0, 0.05) is 0 Å². The van der Waals surface area contributed by atoms with E-state index >= 15 is 0 Å². The van der Waals surface area contributed by atoms with E-state index in [0.717, 1.165) is 29.8 Å². The van der Waals surface area contributed by atoms with Crippen LogP contribution in [0.15, 0.2) is 82.7 Å². The lowest BCUT2D eigenvalue weighted by molar-refractivity contribution is -0.113. The second-order valence-corrected chi connectivity index (χ2v) is 9.52. The molecule has 0 bridgehead atoms. The lowest BCUT2D eigenvalue weighted by Crippen LogP contribution is -2.28. The molecule has 1 heterocycles. The molecule has 0 aromatic heterocycles. The van der Waals surface area contributed by atoms with Crippen LogP contribution in [0.3, 0.4) is 0 Å². The number of aryl methyl sites for hydroxylation is 2. The SMILES string of the molecule is CCc1ccc(N=C2S/C(=C\c3ccc(C(C)C)cc3)C(=O)N2c2ccc(CC)cc2)cc1. The maximum Gasteiger partial charge on any atom is 0.271 e. The zero-order valence-electron chi connectivity index (χ0n) is 19.7. The molecule has 4 heteroatoms. The predicted molar refractivity (Wildman–Crippen MR) is 142 cm³/mol. The molecule has 3 nitrogen and oxygen atoms in total. The first kappa shape index (κ1) is 23.1. The topological polar surface area (TPSA) is 32.7 Å². The smallest absolute Gasteiger partial charge is 0.268 e. The van der Waals surface area contributed by atoms with Crippen LogP contribution in [0.25, 0.3) is 6.08 Å². The van der Waals surface area contributed by atoms with Crippen LogP contribution in [-0.4, -0.2) is 11.1 Å². The van der Waals surface area contributed by atoms with Crippen molar-refractivity contribution in [3.63, 3.8) is 0 Å². The van der Waals surface area contributed by atoms with Crippen LogP contribution in [0.5, 0.6) is 0 Å². The number of rotatable bonds is 6. The van der Waals surface area contributed by atoms with E-state index in [9.17, 15) is 4.79 Å². The number of anilines is 1. The van der Waals surface area contributed by atoms with Gasteiger partial charge in [0.15, 0.2) is 5.17 Å². The van der Waals surface area contributed by atoms with E-state index in [4.69, 9.17) is 4.99 Å². The van der Waals surface area contributed by atoms with Crippen LogP contribution in [0.4, 0.5) is 11.4 Å². The predicted octanol–water partition coefficient (Wildman–Crippen LogP) is 7.74. The van der Waals surface area contributed by atoms with E-state index in [1.807, 2.05) is 30.3 Å². The Morgan fingerprint density at radius 1 is 0.848 bits per heavy atom. The van der Waals surface area contributed by atoms with Gasteiger partial charge in [0.05, 0.1) is 16.3 Å². The molecule has 4 rings (SSSR count). The third-order valence-electron chi connectivity index (χ3n) is 5.88. The van der Waals surface area contributed by atoms with Gasteiger partial charge in [-0.3, -0.25) is 9.69 Å². The Kier molecular flexibility index (Phi) is 7.14. The normalized spacial score (nSPS) is 16.4. The fourth-order valence-electron chi connectivity index (χ4n) is 3.70. The number of benzene rings is 3. The van der Waals surface area contributed by atoms with Crippen molar-refractivity contribution in [2.45, 2.75) is 46.5 Å². The molecule has 0 saturated carbocycles. The quantitative estimate of drug-likeness (QED) is 0.357. The molecular formula is C29H30N2OS. The minimum absolute atomic E-state index is 0.0406. The highest BCUT2D eigenvalue weighted by atomic mass is 32.2. The molecule has 0 spiro atoms. The fraction of sp³-hybridized carbons (Fsp3) is 0.241. The highest BCUT2D eigenvalue weighted by molar-refractivity contribution is 8.19. The second kappa shape index (κ2) is 10.2. The first-order valence-electron chi connectivity index (χ1n) is 11.6. The van der Waals surface area contributed by atoms with Crippen molar-refractivity contribution in [1.82, 2.24) is 0 Å². The molecule has 33 heavy (non-hydrogen) atoms. The van der Waals surface area contributed by atoms with Gasteiger partial charge < -0.3 is 0 Å². The van der Waals surface area contributed by atoms with Gasteiger partial charge in [-0.15, -0.1) is 0 Å². The van der Waals surface area contributed by atoms with Gasteiger partial charge in [0.2, 0.25) is 0 Å². The monoisotopic (exact) mass is 454 g/mol. The molecule has 0 atom stereocenters. The first-order valence-corrected chi connectivity index (χ1v) is 12.4. The lowest BCUT2D eigenvalue weighted by Gasteiger charge is -2.16. The molecule has 1 saturated heterocycles. The van der Waals surface area contributed by atoms with Crippen LogP contribution >= 0.6 is 11.8 Å². The van der Waals surface area contributed by atoms with E-state index in [1.165, 1.54) is 28.5 Å². The van der Waals surface area contributed by atoms with Gasteiger partial charge in [-0.2, -0.15) is 0 Å². The van der Waals surface area contributed by atoms with Crippen molar-refractivity contribution < 1.29 is 4.79 Å². The Morgan fingerprint density at radius 3 is 1.97 bits per heavy atom. The minimum atomic E-state index is -0.0406. The third kappa shape index (κ3) is 5.28. The van der Waals surface area contributed by atoms with Crippen LogP contribution in [0.1, 0.15) is 55.9 Å². The number of amides is 1. The van der Waals surface area contributed by atoms with Crippen molar-refractivity contribution >= 4 is 40.3 Å². The molecule has 168 valence electrons. The van der Waals surface area contributed by atoms with Crippen molar-refractivity contribution in [3.8, 4) is 0 Å². The zero-order valence-corrected chi connectivity index (χ0v) is 20.5. The molecule has 0 radical (unpaired) electrons. The van der Waals surface area contributed by atoms with Crippen molar-refractivity contribution in [3.05, 3.63) is 100.0 Å². The Balaban J connectivity index is 1.71. The number of aliphatic imine (C=N–C) groups is 1. The van der Waals surface area contributed by atoms with E-state index in [0.29, 0.717) is 16.0 Å². The molecule has 0 aliphatic carbocycles. The van der Waals surface area contributed by atoms with Gasteiger partial charge in [-0.1, -0.05) is 76.2 Å². The maximum atomic E-state index is 13.5. The molecule has 0 unspecified atom stereocenters. The summed E-state index contributed by atoms with van der Waals surface area (Å²) in [4.78, 5) is 20.8. The Hall–Kier alpha value is -3.11. The highest BCUT2D eigenvalue weighted by Crippen LogP contribution is 2.37. The largest absolute Gasteiger partial charge is 0.271 e. The van der Waals surface area contributed by atoms with E-state index in [2.05, 4.69) is 76.2 Å². The summed E-state index contributed by atoms with van der Waals surface area (Å²) >= 11 is 1.43. The average Bonchev–Trinajstić information content (AvgIpc) is 3.14. The summed E-state index contributed by atoms with van der Waals surface area (Å²) in [5.74, 6) is 0.440. The van der Waals surface area contributed by atoms with Crippen LogP contribution in [0.2, 0.25) is 0 Å². The van der Waals surface area contributed by atoms with Gasteiger partial charge in [0.25, 0.3) is 5.91 Å². The summed E-state index contributed by atoms with van der Waals surface area (Å²) in [7, 11) is 0. The number of amidine groups is 1. The fourth-order valence-corrected chi connectivity index (χ4v) is 4.70. The number of hydrogen-bond acceptors (Lipinski definition) is 3. The van der Waals surface area contributed by atoms with E-state index in [1.54, 1.807) is 4.90 Å². The molecule has 0 N–H and O–H groups in total. The van der Waals surface area contributed by atoms with Crippen LogP contribution in [-0.2, 0) is 17.6 Å². The summed E-state index contributed by atoms with van der Waals surface area (Å²) in [6.07, 6.45) is 3.92. The second-order valence-electron chi connectivity index (χ2n) is 8.51. The van der Waals surface area contributed by atoms with Gasteiger partial charge in [-0.05, 0) is 83.1 Å². The van der Waals surface area contributed by atoms with Crippen molar-refractivity contribution in [2.75, 3.05) is 4.90 Å². The maximum absolute atomic E-state index is 13.5. The van der Waals surface area contributed by atoms with Gasteiger partial charge in [-0.25, -0.2) is 4.99 Å². The summed E-state index contributed by atoms with van der Waals surface area (Å²) in [6.45, 7) is 8.63. The lowest BCUT2D eigenvalue weighted by atomic mass is 10.0. The summed E-state index contributed by atoms with van der Waals surface area (Å²) in [5, 5.41) is 0.679. The molecule has 1 fully saturated rings. The van der Waals surface area contributed by atoms with E-state index < -0.39 is 0 Å². The van der Waals surface area contributed by atoms with Crippen LogP contribution in [0, 0.1) is 0 Å². The van der Waals surface area contributed by atoms with E-state index in [-0.39, 0.29) is 5.91 Å². The third-order valence-corrected chi connectivity index (χ3v) is 6.85. The molecule has 3 aromatic carbocycles. The number of thioether (sulfide) groups is 1. The number of carbonyl (C=O) groups is 1. The van der Waals surface area contributed by atoms with Crippen molar-refractivity contribution in [2.24, 2.45) is 4.99 Å². The summed E-state index contributed by atoms with van der Waals surface area (Å²) < 4.78 is 0. The Labute approximate surface area is 201 Å². The summed E-state index contributed by atoms with van der Waals surface area (Å²) in [6, 6.07) is 24.8. The number of hydrogen-bond donors (Lipinski definition) is 0. The molecule has 1 aliphatic heterocycles. The Bertz CT molecular complexity index is 1170. The number of carbonyl (C=O) groups excluding carboxylic acids is 1. The first-order chi connectivity index (χ1) is 16.0. The van der Waals surface area contributed by atoms with Crippen LogP contribution < -0.4 is 4.90 Å². The summed E-state index contributed by atoms with van der Waals surface area (Å²) in [5.41, 5.74) is 6.51. The average molecular weight is 455 g/mol. The van der Waals surface area contributed by atoms with Crippen molar-refractivity contribution in [1.29, 1.82) is 0 Å². The molecule has 1 amide bonds. The molecule has 1 aliphatic rings. The Morgan fingerprint density at radius 2 is 1.42 bits per heavy atom. The number of nitrogens with zero attached hydrogens (tertiary/aromatic N) is 2. The molecular weight excluding hydrogens is 424 g/mol. The minimum Gasteiger partial charge on any atom is -0.268 e. The zero-order chi connectivity index (χ0) is 23.4. The molecule has 3 aromatic rings. The van der Waals surface area contributed by atoms with Gasteiger partial charge >= 0.3 is 0 Å². The van der Waals surface area contributed by atoms with Gasteiger partial charge in [0.1, 0.15) is 0 Å². The standard InChI is InChI=1S/C29H30N2OS/c1-5-21-9-15-25(16-10-21)30-29-31(26-17-11-22(6-2)12-18-26)28(32)27(33-29)19-23-7-13-24(14-8-23)20(3)4/h7-20H,5-6H2,1-4H3/b27-19-,30-29?.